The highest BCUT2D eigenvalue weighted by Crippen LogP contribution is 2.42. The van der Waals surface area contributed by atoms with Gasteiger partial charge in [-0.1, -0.05) is 77.4 Å². The SMILES string of the molecule is C=CCCCCC(CO[Si](C)(C)C(C)(C)C)(c1ccccc1)C(C)C. The molecule has 25 heavy (non-hydrogen) atoms. The summed E-state index contributed by atoms with van der Waals surface area (Å²) in [7, 11) is -1.76. The monoisotopic (exact) mass is 360 g/mol. The Kier molecular flexibility index (Phi) is 8.15. The second-order valence-corrected chi connectivity index (χ2v) is 14.1. The van der Waals surface area contributed by atoms with Crippen molar-refractivity contribution in [2.75, 3.05) is 6.61 Å². The molecule has 0 aliphatic rings. The molecule has 1 rings (SSSR count). The Morgan fingerprint density at radius 3 is 2.16 bits per heavy atom. The van der Waals surface area contributed by atoms with Crippen molar-refractivity contribution >= 4 is 8.32 Å². The van der Waals surface area contributed by atoms with E-state index >= 15 is 0 Å². The summed E-state index contributed by atoms with van der Waals surface area (Å²) in [5, 5.41) is 0.245. The van der Waals surface area contributed by atoms with Crippen molar-refractivity contribution in [3.63, 3.8) is 0 Å². The van der Waals surface area contributed by atoms with Crippen LogP contribution in [0, 0.1) is 5.92 Å². The highest BCUT2D eigenvalue weighted by atomic mass is 28.4. The fourth-order valence-electron chi connectivity index (χ4n) is 3.11. The Morgan fingerprint density at radius 1 is 1.08 bits per heavy atom. The standard InChI is InChI=1S/C23H40OSi/c1-9-10-11-15-18-23(20(2)3,21-16-13-12-14-17-21)19-24-25(7,8)22(4,5)6/h9,12-14,16-17,20H,1,10-11,15,18-19H2,2-8H3. The summed E-state index contributed by atoms with van der Waals surface area (Å²) in [6.45, 7) is 21.1. The maximum absolute atomic E-state index is 6.75. The van der Waals surface area contributed by atoms with Gasteiger partial charge in [0.2, 0.25) is 0 Å². The fraction of sp³-hybridized carbons (Fsp3) is 0.652. The summed E-state index contributed by atoms with van der Waals surface area (Å²) in [5.41, 5.74) is 1.53. The molecule has 0 spiro atoms. The van der Waals surface area contributed by atoms with E-state index in [0.29, 0.717) is 5.92 Å². The van der Waals surface area contributed by atoms with Crippen molar-refractivity contribution in [1.82, 2.24) is 0 Å². The molecule has 0 bridgehead atoms. The average Bonchev–Trinajstić information content (AvgIpc) is 2.54. The highest BCUT2D eigenvalue weighted by Gasteiger charge is 2.42. The Morgan fingerprint density at radius 2 is 1.68 bits per heavy atom. The van der Waals surface area contributed by atoms with E-state index in [1.165, 1.54) is 24.8 Å². The van der Waals surface area contributed by atoms with Gasteiger partial charge in [-0.3, -0.25) is 0 Å². The molecule has 0 N–H and O–H groups in total. The molecular formula is C23H40OSi. The minimum absolute atomic E-state index is 0.0952. The third-order valence-electron chi connectivity index (χ3n) is 6.23. The minimum atomic E-state index is -1.76. The normalized spacial score (nSPS) is 15.2. The molecule has 0 aromatic heterocycles. The van der Waals surface area contributed by atoms with Crippen molar-refractivity contribution in [1.29, 1.82) is 0 Å². The lowest BCUT2D eigenvalue weighted by Gasteiger charge is -2.44. The summed E-state index contributed by atoms with van der Waals surface area (Å²) in [4.78, 5) is 0. The molecule has 1 unspecified atom stereocenters. The lowest BCUT2D eigenvalue weighted by Crippen LogP contribution is -2.47. The van der Waals surface area contributed by atoms with Crippen LogP contribution in [-0.4, -0.2) is 14.9 Å². The van der Waals surface area contributed by atoms with Crippen molar-refractivity contribution in [3.05, 3.63) is 48.6 Å². The molecule has 0 saturated heterocycles. The van der Waals surface area contributed by atoms with E-state index in [0.717, 1.165) is 13.0 Å². The van der Waals surface area contributed by atoms with Crippen LogP contribution in [0.2, 0.25) is 18.1 Å². The fourth-order valence-corrected chi connectivity index (χ4v) is 4.16. The zero-order chi connectivity index (χ0) is 19.1. The number of hydrogen-bond donors (Lipinski definition) is 0. The van der Waals surface area contributed by atoms with Crippen LogP contribution >= 0.6 is 0 Å². The molecule has 1 aromatic carbocycles. The van der Waals surface area contributed by atoms with Crippen LogP contribution < -0.4 is 0 Å². The van der Waals surface area contributed by atoms with E-state index in [2.05, 4.69) is 84.6 Å². The number of benzene rings is 1. The first-order chi connectivity index (χ1) is 11.6. The van der Waals surface area contributed by atoms with Gasteiger partial charge in [0.1, 0.15) is 0 Å². The molecule has 0 aliphatic heterocycles. The van der Waals surface area contributed by atoms with Crippen LogP contribution in [-0.2, 0) is 9.84 Å². The van der Waals surface area contributed by atoms with Gasteiger partial charge in [-0.2, -0.15) is 0 Å². The predicted molar refractivity (Wildman–Crippen MR) is 115 cm³/mol. The first kappa shape index (κ1) is 22.2. The van der Waals surface area contributed by atoms with Crippen molar-refractivity contribution in [2.45, 2.75) is 83.8 Å². The van der Waals surface area contributed by atoms with Gasteiger partial charge in [0.05, 0.1) is 0 Å². The number of allylic oxidation sites excluding steroid dienone is 1. The first-order valence-electron chi connectivity index (χ1n) is 9.87. The molecule has 0 heterocycles. The van der Waals surface area contributed by atoms with E-state index in [4.69, 9.17) is 4.43 Å². The first-order valence-corrected chi connectivity index (χ1v) is 12.8. The maximum Gasteiger partial charge on any atom is 0.192 e. The summed E-state index contributed by atoms with van der Waals surface area (Å²) >= 11 is 0. The summed E-state index contributed by atoms with van der Waals surface area (Å²) in [6, 6.07) is 11.0. The average molecular weight is 361 g/mol. The molecule has 0 radical (unpaired) electrons. The molecule has 142 valence electrons. The minimum Gasteiger partial charge on any atom is -0.416 e. The zero-order valence-electron chi connectivity index (χ0n) is 17.7. The Hall–Kier alpha value is -0.863. The van der Waals surface area contributed by atoms with Gasteiger partial charge in [0.15, 0.2) is 8.32 Å². The van der Waals surface area contributed by atoms with Crippen LogP contribution in [0.15, 0.2) is 43.0 Å². The van der Waals surface area contributed by atoms with Gasteiger partial charge in [-0.15, -0.1) is 6.58 Å². The van der Waals surface area contributed by atoms with E-state index in [-0.39, 0.29) is 10.5 Å². The van der Waals surface area contributed by atoms with Crippen LogP contribution in [0.4, 0.5) is 0 Å². The number of hydrogen-bond acceptors (Lipinski definition) is 1. The quantitative estimate of drug-likeness (QED) is 0.241. The Balaban J connectivity index is 3.10. The third-order valence-corrected chi connectivity index (χ3v) is 10.7. The second-order valence-electron chi connectivity index (χ2n) is 9.26. The Labute approximate surface area is 158 Å². The predicted octanol–water partition coefficient (Wildman–Crippen LogP) is 7.35. The summed E-state index contributed by atoms with van der Waals surface area (Å²) in [5.74, 6) is 0.545. The third kappa shape index (κ3) is 5.82. The molecule has 1 aromatic rings. The van der Waals surface area contributed by atoms with Gasteiger partial charge in [-0.25, -0.2) is 0 Å². The van der Waals surface area contributed by atoms with E-state index in [9.17, 15) is 0 Å². The number of unbranched alkanes of at least 4 members (excludes halogenated alkanes) is 2. The van der Waals surface area contributed by atoms with Crippen molar-refractivity contribution in [3.8, 4) is 0 Å². The molecular weight excluding hydrogens is 320 g/mol. The number of rotatable bonds is 10. The summed E-state index contributed by atoms with van der Waals surface area (Å²) < 4.78 is 6.75. The van der Waals surface area contributed by atoms with Crippen LogP contribution in [0.3, 0.4) is 0 Å². The van der Waals surface area contributed by atoms with E-state index in [1.807, 2.05) is 6.08 Å². The van der Waals surface area contributed by atoms with Gasteiger partial charge < -0.3 is 4.43 Å². The van der Waals surface area contributed by atoms with Crippen LogP contribution in [0.25, 0.3) is 0 Å². The van der Waals surface area contributed by atoms with Gasteiger partial charge >= 0.3 is 0 Å². The molecule has 0 amide bonds. The van der Waals surface area contributed by atoms with E-state index in [1.54, 1.807) is 0 Å². The Bertz CT molecular complexity index is 513. The lowest BCUT2D eigenvalue weighted by molar-refractivity contribution is 0.142. The molecule has 1 atom stereocenters. The molecule has 0 fully saturated rings. The summed E-state index contributed by atoms with van der Waals surface area (Å²) in [6.07, 6.45) is 6.75. The maximum atomic E-state index is 6.75. The van der Waals surface area contributed by atoms with E-state index < -0.39 is 8.32 Å². The van der Waals surface area contributed by atoms with Crippen molar-refractivity contribution in [2.24, 2.45) is 5.92 Å². The van der Waals surface area contributed by atoms with Crippen LogP contribution in [0.5, 0.6) is 0 Å². The van der Waals surface area contributed by atoms with Crippen LogP contribution in [0.1, 0.15) is 65.9 Å². The van der Waals surface area contributed by atoms with Gasteiger partial charge in [0.25, 0.3) is 0 Å². The molecule has 0 aliphatic carbocycles. The lowest BCUT2D eigenvalue weighted by atomic mass is 9.69. The highest BCUT2D eigenvalue weighted by molar-refractivity contribution is 6.74. The second kappa shape index (κ2) is 9.18. The molecule has 1 nitrogen and oxygen atoms in total. The smallest absolute Gasteiger partial charge is 0.192 e. The largest absolute Gasteiger partial charge is 0.416 e. The van der Waals surface area contributed by atoms with Gasteiger partial charge in [0, 0.05) is 12.0 Å². The topological polar surface area (TPSA) is 9.23 Å². The zero-order valence-corrected chi connectivity index (χ0v) is 18.7. The molecule has 2 heteroatoms. The molecule has 0 saturated carbocycles. The van der Waals surface area contributed by atoms with Crippen molar-refractivity contribution < 1.29 is 4.43 Å². The van der Waals surface area contributed by atoms with Gasteiger partial charge in [-0.05, 0) is 48.9 Å².